The van der Waals surface area contributed by atoms with Crippen molar-refractivity contribution in [1.29, 1.82) is 0 Å². The Morgan fingerprint density at radius 2 is 1.83 bits per heavy atom. The second-order valence-corrected chi connectivity index (χ2v) is 7.21. The summed E-state index contributed by atoms with van der Waals surface area (Å²) in [6.45, 7) is 2.66. The number of piperidine rings is 1. The highest BCUT2D eigenvalue weighted by Crippen LogP contribution is 2.27. The molecular weight excluding hydrogens is 380 g/mol. The fourth-order valence-electron chi connectivity index (χ4n) is 3.70. The van der Waals surface area contributed by atoms with Crippen LogP contribution in [-0.2, 0) is 9.59 Å². The lowest BCUT2D eigenvalue weighted by molar-refractivity contribution is -0.384. The Hall–Kier alpha value is -3.30. The summed E-state index contributed by atoms with van der Waals surface area (Å²) in [5, 5.41) is 13.7. The van der Waals surface area contributed by atoms with Crippen LogP contribution in [0, 0.1) is 10.1 Å². The summed E-state index contributed by atoms with van der Waals surface area (Å²) in [5.74, 6) is -1.21. The van der Waals surface area contributed by atoms with Crippen molar-refractivity contribution in [2.24, 2.45) is 0 Å². The van der Waals surface area contributed by atoms with E-state index in [4.69, 9.17) is 0 Å². The summed E-state index contributed by atoms with van der Waals surface area (Å²) in [5.41, 5.74) is -0.0767. The standard InChI is InChI=1S/C19H22N4O6/c1-12(24)20-13-6-9-21(10-7-13)17(25)3-2-8-22-18(26)15-5-4-14(23(28)29)11-16(15)19(22)27/h4-5,11,13H,2-3,6-10H2,1H3,(H,20,24). The first-order chi connectivity index (χ1) is 13.8. The lowest BCUT2D eigenvalue weighted by Crippen LogP contribution is -2.46. The average Bonchev–Trinajstić information content (AvgIpc) is 2.92. The van der Waals surface area contributed by atoms with Gasteiger partial charge in [0, 0.05) is 51.2 Å². The van der Waals surface area contributed by atoms with Crippen molar-refractivity contribution < 1.29 is 24.1 Å². The van der Waals surface area contributed by atoms with E-state index in [1.54, 1.807) is 4.90 Å². The molecule has 3 rings (SSSR count). The monoisotopic (exact) mass is 402 g/mol. The quantitative estimate of drug-likeness (QED) is 0.431. The summed E-state index contributed by atoms with van der Waals surface area (Å²) >= 11 is 0. The third kappa shape index (κ3) is 4.41. The van der Waals surface area contributed by atoms with Gasteiger partial charge in [-0.05, 0) is 25.3 Å². The molecule has 1 saturated heterocycles. The van der Waals surface area contributed by atoms with Crippen molar-refractivity contribution in [3.8, 4) is 0 Å². The van der Waals surface area contributed by atoms with E-state index < -0.39 is 16.7 Å². The molecule has 0 radical (unpaired) electrons. The first-order valence-corrected chi connectivity index (χ1v) is 9.47. The minimum atomic E-state index is -0.617. The summed E-state index contributed by atoms with van der Waals surface area (Å²) in [4.78, 5) is 61.3. The van der Waals surface area contributed by atoms with E-state index >= 15 is 0 Å². The minimum absolute atomic E-state index is 0.0237. The topological polar surface area (TPSA) is 130 Å². The number of nitrogens with one attached hydrogen (secondary N) is 1. The number of carbonyl (C=O) groups excluding carboxylic acids is 4. The highest BCUT2D eigenvalue weighted by molar-refractivity contribution is 6.21. The van der Waals surface area contributed by atoms with Crippen LogP contribution in [0.5, 0.6) is 0 Å². The first-order valence-electron chi connectivity index (χ1n) is 9.47. The van der Waals surface area contributed by atoms with Crippen molar-refractivity contribution >= 4 is 29.3 Å². The second-order valence-electron chi connectivity index (χ2n) is 7.21. The third-order valence-corrected chi connectivity index (χ3v) is 5.19. The average molecular weight is 402 g/mol. The van der Waals surface area contributed by atoms with Crippen LogP contribution in [0.3, 0.4) is 0 Å². The van der Waals surface area contributed by atoms with Crippen LogP contribution in [0.4, 0.5) is 5.69 Å². The van der Waals surface area contributed by atoms with E-state index in [2.05, 4.69) is 5.32 Å². The van der Waals surface area contributed by atoms with Crippen molar-refractivity contribution in [1.82, 2.24) is 15.1 Å². The van der Waals surface area contributed by atoms with Gasteiger partial charge >= 0.3 is 0 Å². The molecule has 4 amide bonds. The highest BCUT2D eigenvalue weighted by atomic mass is 16.6. The number of hydrogen-bond acceptors (Lipinski definition) is 6. The van der Waals surface area contributed by atoms with Crippen LogP contribution in [0.25, 0.3) is 0 Å². The maximum absolute atomic E-state index is 12.4. The number of nitro benzene ring substituents is 1. The smallest absolute Gasteiger partial charge is 0.270 e. The zero-order chi connectivity index (χ0) is 21.1. The zero-order valence-corrected chi connectivity index (χ0v) is 16.1. The fraction of sp³-hybridized carbons (Fsp3) is 0.474. The van der Waals surface area contributed by atoms with E-state index in [0.717, 1.165) is 11.0 Å². The van der Waals surface area contributed by atoms with Gasteiger partial charge in [-0.1, -0.05) is 0 Å². The van der Waals surface area contributed by atoms with E-state index in [0.29, 0.717) is 32.4 Å². The fourth-order valence-corrected chi connectivity index (χ4v) is 3.70. The Morgan fingerprint density at radius 1 is 1.17 bits per heavy atom. The summed E-state index contributed by atoms with van der Waals surface area (Å²) in [6.07, 6.45) is 1.90. The van der Waals surface area contributed by atoms with Crippen LogP contribution >= 0.6 is 0 Å². The van der Waals surface area contributed by atoms with Gasteiger partial charge < -0.3 is 10.2 Å². The maximum atomic E-state index is 12.4. The predicted octanol–water partition coefficient (Wildman–Crippen LogP) is 1.10. The zero-order valence-electron chi connectivity index (χ0n) is 16.1. The number of hydrogen-bond donors (Lipinski definition) is 1. The van der Waals surface area contributed by atoms with Gasteiger partial charge in [-0.15, -0.1) is 0 Å². The molecule has 0 atom stereocenters. The lowest BCUT2D eigenvalue weighted by atomic mass is 10.0. The van der Waals surface area contributed by atoms with Gasteiger partial charge in [0.25, 0.3) is 17.5 Å². The van der Waals surface area contributed by atoms with E-state index in [-0.39, 0.29) is 47.6 Å². The molecule has 2 heterocycles. The molecule has 0 spiro atoms. The van der Waals surface area contributed by atoms with E-state index in [1.807, 2.05) is 0 Å². The molecule has 1 aromatic carbocycles. The van der Waals surface area contributed by atoms with E-state index in [1.165, 1.54) is 19.1 Å². The van der Waals surface area contributed by atoms with Crippen LogP contribution < -0.4 is 5.32 Å². The Bertz CT molecular complexity index is 875. The number of carbonyl (C=O) groups is 4. The molecular formula is C19H22N4O6. The van der Waals surface area contributed by atoms with Gasteiger partial charge in [-0.3, -0.25) is 34.2 Å². The molecule has 29 heavy (non-hydrogen) atoms. The predicted molar refractivity (Wildman–Crippen MR) is 101 cm³/mol. The number of benzene rings is 1. The molecule has 0 aromatic heterocycles. The number of nitro groups is 1. The number of imide groups is 1. The van der Waals surface area contributed by atoms with Crippen LogP contribution in [0.1, 0.15) is 53.3 Å². The van der Waals surface area contributed by atoms with Crippen molar-refractivity contribution in [2.75, 3.05) is 19.6 Å². The van der Waals surface area contributed by atoms with Gasteiger partial charge in [-0.25, -0.2) is 0 Å². The third-order valence-electron chi connectivity index (χ3n) is 5.19. The number of likely N-dealkylation sites (tertiary alicyclic amines) is 1. The molecule has 1 fully saturated rings. The number of nitrogens with zero attached hydrogens (tertiary/aromatic N) is 3. The number of rotatable bonds is 6. The van der Waals surface area contributed by atoms with Gasteiger partial charge in [0.1, 0.15) is 0 Å². The van der Waals surface area contributed by atoms with Crippen molar-refractivity contribution in [2.45, 2.75) is 38.6 Å². The van der Waals surface area contributed by atoms with Crippen molar-refractivity contribution in [3.63, 3.8) is 0 Å². The lowest BCUT2D eigenvalue weighted by Gasteiger charge is -2.32. The Balaban J connectivity index is 1.50. The van der Waals surface area contributed by atoms with Gasteiger partial charge in [0.15, 0.2) is 0 Å². The van der Waals surface area contributed by atoms with Gasteiger partial charge in [0.05, 0.1) is 16.1 Å². The summed E-state index contributed by atoms with van der Waals surface area (Å²) in [6, 6.07) is 3.68. The molecule has 0 bridgehead atoms. The molecule has 0 aliphatic carbocycles. The van der Waals surface area contributed by atoms with Gasteiger partial charge in [0.2, 0.25) is 11.8 Å². The first kappa shape index (κ1) is 20.4. The second kappa shape index (κ2) is 8.38. The number of non-ortho nitro benzene ring substituents is 1. The molecule has 2 aliphatic rings. The Kier molecular flexibility index (Phi) is 5.90. The largest absolute Gasteiger partial charge is 0.353 e. The van der Waals surface area contributed by atoms with Crippen molar-refractivity contribution in [3.05, 3.63) is 39.4 Å². The summed E-state index contributed by atoms with van der Waals surface area (Å²) in [7, 11) is 0. The molecule has 10 heteroatoms. The molecule has 10 nitrogen and oxygen atoms in total. The molecule has 1 aromatic rings. The highest BCUT2D eigenvalue weighted by Gasteiger charge is 2.36. The van der Waals surface area contributed by atoms with E-state index in [9.17, 15) is 29.3 Å². The van der Waals surface area contributed by atoms with Crippen LogP contribution in [0.15, 0.2) is 18.2 Å². The molecule has 0 unspecified atom stereocenters. The minimum Gasteiger partial charge on any atom is -0.353 e. The summed E-state index contributed by atoms with van der Waals surface area (Å²) < 4.78 is 0. The Labute approximate surface area is 167 Å². The molecule has 0 saturated carbocycles. The SMILES string of the molecule is CC(=O)NC1CCN(C(=O)CCCN2C(=O)c3ccc([N+](=O)[O-])cc3C2=O)CC1. The normalized spacial score (nSPS) is 16.7. The Morgan fingerprint density at radius 3 is 2.45 bits per heavy atom. The van der Waals surface area contributed by atoms with Crippen LogP contribution in [0.2, 0.25) is 0 Å². The molecule has 2 aliphatic heterocycles. The number of amides is 4. The van der Waals surface area contributed by atoms with Gasteiger partial charge in [-0.2, -0.15) is 0 Å². The molecule has 154 valence electrons. The molecule has 1 N–H and O–H groups in total. The number of fused-ring (bicyclic) bond motifs is 1. The van der Waals surface area contributed by atoms with Crippen LogP contribution in [-0.4, -0.2) is 64.0 Å². The maximum Gasteiger partial charge on any atom is 0.270 e.